The van der Waals surface area contributed by atoms with Crippen LogP contribution in [0.5, 0.6) is 5.75 Å². The van der Waals surface area contributed by atoms with E-state index in [-0.39, 0.29) is 0 Å². The number of alkyl halides is 1. The van der Waals surface area contributed by atoms with Gasteiger partial charge in [0.2, 0.25) is 9.84 Å². The Hall–Kier alpha value is -1.11. The maximum atomic E-state index is 12.5. The average molecular weight is 472 g/mol. The van der Waals surface area contributed by atoms with Gasteiger partial charge in [-0.3, -0.25) is 0 Å². The smallest absolute Gasteiger partial charge is 0.201 e. The first kappa shape index (κ1) is 17.7. The molecule has 3 nitrogen and oxygen atoms in total. The van der Waals surface area contributed by atoms with E-state index in [0.29, 0.717) is 17.3 Å². The molecule has 0 unspecified atom stereocenters. The van der Waals surface area contributed by atoms with Crippen molar-refractivity contribution in [3.63, 3.8) is 0 Å². The van der Waals surface area contributed by atoms with Crippen molar-refractivity contribution in [3.05, 3.63) is 63.5 Å². The summed E-state index contributed by atoms with van der Waals surface area (Å²) < 4.78 is 31.6. The molecule has 0 amide bonds. The predicted molar refractivity (Wildman–Crippen MR) is 103 cm³/mol. The van der Waals surface area contributed by atoms with Crippen molar-refractivity contribution >= 4 is 47.3 Å². The molecule has 0 radical (unpaired) electrons. The van der Waals surface area contributed by atoms with Crippen molar-refractivity contribution in [3.8, 4) is 5.75 Å². The van der Waals surface area contributed by atoms with Gasteiger partial charge < -0.3 is 4.74 Å². The quantitative estimate of drug-likeness (QED) is 0.430. The molecule has 1 aliphatic heterocycles. The van der Waals surface area contributed by atoms with Gasteiger partial charge in [-0.15, -0.1) is 0 Å². The Kier molecular flexibility index (Phi) is 5.47. The van der Waals surface area contributed by atoms with Gasteiger partial charge in [0.15, 0.2) is 0 Å². The summed E-state index contributed by atoms with van der Waals surface area (Å²) in [6, 6.07) is 12.9. The van der Waals surface area contributed by atoms with Crippen LogP contribution in [0.2, 0.25) is 0 Å². The Morgan fingerprint density at radius 1 is 1.00 bits per heavy atom. The van der Waals surface area contributed by atoms with Gasteiger partial charge >= 0.3 is 0 Å². The number of rotatable bonds is 6. The first-order valence-electron chi connectivity index (χ1n) is 7.57. The molecule has 3 rings (SSSR count). The number of benzene rings is 2. The van der Waals surface area contributed by atoms with E-state index in [1.807, 2.05) is 36.4 Å². The number of hydrogen-bond donors (Lipinski definition) is 0. The van der Waals surface area contributed by atoms with E-state index in [9.17, 15) is 8.42 Å². The van der Waals surface area contributed by atoms with Crippen molar-refractivity contribution in [2.75, 3.05) is 11.9 Å². The molecular weight excluding hydrogens is 456 g/mol. The molecule has 0 saturated carbocycles. The Bertz CT molecular complexity index is 872. The second kappa shape index (κ2) is 7.42. The maximum absolute atomic E-state index is 12.5. The Morgan fingerprint density at radius 3 is 2.46 bits per heavy atom. The molecule has 0 aliphatic carbocycles. The fourth-order valence-corrected chi connectivity index (χ4v) is 4.70. The zero-order valence-electron chi connectivity index (χ0n) is 12.8. The average Bonchev–Trinajstić information content (AvgIpc) is 2.84. The van der Waals surface area contributed by atoms with Crippen LogP contribution in [-0.2, 0) is 9.84 Å². The summed E-state index contributed by atoms with van der Waals surface area (Å²) >= 11 is 6.78. The largest absolute Gasteiger partial charge is 0.494 e. The van der Waals surface area contributed by atoms with Crippen molar-refractivity contribution in [1.82, 2.24) is 0 Å². The lowest BCUT2D eigenvalue weighted by atomic mass is 10.00. The molecule has 0 spiro atoms. The molecule has 0 atom stereocenters. The Morgan fingerprint density at radius 2 is 1.75 bits per heavy atom. The van der Waals surface area contributed by atoms with Crippen LogP contribution in [0.1, 0.15) is 24.0 Å². The highest BCUT2D eigenvalue weighted by molar-refractivity contribution is 9.10. The normalized spacial score (nSPS) is 15.0. The minimum atomic E-state index is -3.43. The third-order valence-corrected chi connectivity index (χ3v) is 6.36. The molecule has 0 saturated heterocycles. The van der Waals surface area contributed by atoms with Gasteiger partial charge in [-0.1, -0.05) is 44.0 Å². The molecule has 0 bridgehead atoms. The van der Waals surface area contributed by atoms with Crippen LogP contribution in [0.4, 0.5) is 0 Å². The molecule has 0 fully saturated rings. The summed E-state index contributed by atoms with van der Waals surface area (Å²) in [5, 5.41) is 2.28. The monoisotopic (exact) mass is 470 g/mol. The Labute approximate surface area is 158 Å². The highest BCUT2D eigenvalue weighted by atomic mass is 79.9. The van der Waals surface area contributed by atoms with E-state index in [1.54, 1.807) is 6.07 Å². The van der Waals surface area contributed by atoms with E-state index < -0.39 is 9.84 Å². The lowest BCUT2D eigenvalue weighted by Gasteiger charge is -2.09. The molecule has 2 aromatic rings. The van der Waals surface area contributed by atoms with Crippen molar-refractivity contribution < 1.29 is 13.2 Å². The summed E-state index contributed by atoms with van der Waals surface area (Å²) in [6.07, 6.45) is 1.95. The summed E-state index contributed by atoms with van der Waals surface area (Å²) in [6.45, 7) is 0.581. The zero-order chi connectivity index (χ0) is 17.2. The predicted octanol–water partition coefficient (Wildman–Crippen LogP) is 5.18. The fraction of sp³-hybridized carbons (Fsp3) is 0.222. The first-order chi connectivity index (χ1) is 11.5. The lowest BCUT2D eigenvalue weighted by molar-refractivity contribution is 0.309. The molecule has 0 N–H and O–H groups in total. The zero-order valence-corrected chi connectivity index (χ0v) is 16.8. The summed E-state index contributed by atoms with van der Waals surface area (Å²) in [7, 11) is -3.43. The number of sulfone groups is 1. The van der Waals surface area contributed by atoms with E-state index in [0.717, 1.165) is 39.3 Å². The Balaban J connectivity index is 1.90. The first-order valence-corrected chi connectivity index (χ1v) is 11.0. The van der Waals surface area contributed by atoms with Gasteiger partial charge in [-0.2, -0.15) is 0 Å². The number of ether oxygens (including phenoxy) is 1. The second-order valence-corrected chi connectivity index (χ2v) is 8.96. The molecule has 0 aromatic heterocycles. The van der Waals surface area contributed by atoms with E-state index >= 15 is 0 Å². The molecule has 2 aromatic carbocycles. The number of halogens is 2. The van der Waals surface area contributed by atoms with Crippen LogP contribution in [0.15, 0.2) is 57.2 Å². The van der Waals surface area contributed by atoms with E-state index in [1.165, 1.54) is 5.41 Å². The lowest BCUT2D eigenvalue weighted by Crippen LogP contribution is -2.00. The molecule has 1 heterocycles. The standard InChI is InChI=1S/C18H16Br2O3S/c19-9-1-2-10-23-15-7-8-16-17(12-24(21,22)18(16)11-15)13-3-5-14(20)6-4-13/h3-8,11-12H,1-2,9-10H2. The third kappa shape index (κ3) is 3.76. The van der Waals surface area contributed by atoms with Crippen LogP contribution in [-0.4, -0.2) is 20.4 Å². The van der Waals surface area contributed by atoms with E-state index in [4.69, 9.17) is 4.74 Å². The summed E-state index contributed by atoms with van der Waals surface area (Å²) in [4.78, 5) is 0.318. The third-order valence-electron chi connectivity index (χ3n) is 3.77. The van der Waals surface area contributed by atoms with Crippen LogP contribution < -0.4 is 4.74 Å². The highest BCUT2D eigenvalue weighted by Crippen LogP contribution is 2.39. The van der Waals surface area contributed by atoms with Gasteiger partial charge in [0, 0.05) is 26.3 Å². The highest BCUT2D eigenvalue weighted by Gasteiger charge is 2.28. The van der Waals surface area contributed by atoms with Crippen molar-refractivity contribution in [1.29, 1.82) is 0 Å². The van der Waals surface area contributed by atoms with Crippen molar-refractivity contribution in [2.24, 2.45) is 0 Å². The van der Waals surface area contributed by atoms with Crippen LogP contribution in [0.3, 0.4) is 0 Å². The topological polar surface area (TPSA) is 43.4 Å². The molecule has 6 heteroatoms. The van der Waals surface area contributed by atoms with Crippen LogP contribution in [0, 0.1) is 0 Å². The summed E-state index contributed by atoms with van der Waals surface area (Å²) in [5.41, 5.74) is 2.33. The molecular formula is C18H16Br2O3S. The number of unbranched alkanes of at least 4 members (excludes halogenated alkanes) is 1. The molecule has 1 aliphatic rings. The second-order valence-electron chi connectivity index (χ2n) is 5.49. The number of hydrogen-bond acceptors (Lipinski definition) is 3. The minimum absolute atomic E-state index is 0.318. The van der Waals surface area contributed by atoms with E-state index in [2.05, 4.69) is 31.9 Å². The van der Waals surface area contributed by atoms with Gasteiger partial charge in [0.1, 0.15) is 5.75 Å². The van der Waals surface area contributed by atoms with Gasteiger partial charge in [0.05, 0.1) is 11.5 Å². The minimum Gasteiger partial charge on any atom is -0.494 e. The maximum Gasteiger partial charge on any atom is 0.201 e. The van der Waals surface area contributed by atoms with Crippen molar-refractivity contribution in [2.45, 2.75) is 17.7 Å². The van der Waals surface area contributed by atoms with Crippen LogP contribution >= 0.6 is 31.9 Å². The molecule has 24 heavy (non-hydrogen) atoms. The fourth-order valence-electron chi connectivity index (χ4n) is 2.57. The van der Waals surface area contributed by atoms with Gasteiger partial charge in [-0.25, -0.2) is 8.42 Å². The van der Waals surface area contributed by atoms with Gasteiger partial charge in [0.25, 0.3) is 0 Å². The number of fused-ring (bicyclic) bond motifs is 1. The SMILES string of the molecule is O=S1(=O)C=C(c2ccc(Br)cc2)c2ccc(OCCCCBr)cc21. The van der Waals surface area contributed by atoms with Gasteiger partial charge in [-0.05, 0) is 48.7 Å². The summed E-state index contributed by atoms with van der Waals surface area (Å²) in [5.74, 6) is 0.595. The van der Waals surface area contributed by atoms with Crippen LogP contribution in [0.25, 0.3) is 5.57 Å². The molecule has 126 valence electrons.